The maximum absolute atomic E-state index is 6.22. The van der Waals surface area contributed by atoms with Gasteiger partial charge in [0, 0.05) is 38.2 Å². The third-order valence-corrected chi connectivity index (χ3v) is 5.47. The summed E-state index contributed by atoms with van der Waals surface area (Å²) in [6, 6.07) is 10.3. The molecule has 150 valence electrons. The SMILES string of the molecule is COc1ccccc1OC1CCN(c2nc3cnccc3nc2NC2CC2)CC1. The lowest BCUT2D eigenvalue weighted by Crippen LogP contribution is -2.39. The minimum absolute atomic E-state index is 0.164. The average molecular weight is 391 g/mol. The van der Waals surface area contributed by atoms with Gasteiger partial charge in [-0.15, -0.1) is 0 Å². The number of nitrogens with zero attached hydrogens (tertiary/aromatic N) is 4. The maximum Gasteiger partial charge on any atom is 0.172 e. The Bertz CT molecular complexity index is 999. The number of fused-ring (bicyclic) bond motifs is 1. The van der Waals surface area contributed by atoms with E-state index in [-0.39, 0.29) is 6.10 Å². The lowest BCUT2D eigenvalue weighted by molar-refractivity contribution is 0.164. The van der Waals surface area contributed by atoms with Crippen molar-refractivity contribution in [3.63, 3.8) is 0 Å². The Hall–Kier alpha value is -3.09. The molecule has 7 heteroatoms. The molecule has 3 heterocycles. The van der Waals surface area contributed by atoms with Crippen LogP contribution in [0, 0.1) is 0 Å². The summed E-state index contributed by atoms with van der Waals surface area (Å²) in [5.41, 5.74) is 1.71. The van der Waals surface area contributed by atoms with Crippen molar-refractivity contribution in [1.29, 1.82) is 0 Å². The van der Waals surface area contributed by atoms with Gasteiger partial charge in [-0.2, -0.15) is 0 Å². The molecular formula is C22H25N5O2. The summed E-state index contributed by atoms with van der Waals surface area (Å²) in [5, 5.41) is 3.56. The van der Waals surface area contributed by atoms with Crippen LogP contribution in [0.25, 0.3) is 11.0 Å². The predicted octanol–water partition coefficient (Wildman–Crippen LogP) is 3.66. The summed E-state index contributed by atoms with van der Waals surface area (Å²) in [6.45, 7) is 1.75. The minimum atomic E-state index is 0.164. The number of para-hydroxylation sites is 2. The Morgan fingerprint density at radius 3 is 2.52 bits per heavy atom. The van der Waals surface area contributed by atoms with Crippen molar-refractivity contribution in [2.45, 2.75) is 37.8 Å². The van der Waals surface area contributed by atoms with E-state index in [0.717, 1.165) is 60.1 Å². The topological polar surface area (TPSA) is 72.4 Å². The van der Waals surface area contributed by atoms with E-state index in [1.54, 1.807) is 19.5 Å². The van der Waals surface area contributed by atoms with Crippen LogP contribution in [0.4, 0.5) is 11.6 Å². The number of methoxy groups -OCH3 is 1. The fourth-order valence-electron chi connectivity index (χ4n) is 3.72. The third kappa shape index (κ3) is 3.90. The number of aromatic nitrogens is 3. The second kappa shape index (κ2) is 7.73. The molecule has 1 saturated heterocycles. The monoisotopic (exact) mass is 391 g/mol. The lowest BCUT2D eigenvalue weighted by atomic mass is 10.1. The van der Waals surface area contributed by atoms with Gasteiger partial charge in [-0.1, -0.05) is 12.1 Å². The van der Waals surface area contributed by atoms with Gasteiger partial charge in [-0.05, 0) is 31.0 Å². The van der Waals surface area contributed by atoms with E-state index < -0.39 is 0 Å². The number of nitrogens with one attached hydrogen (secondary N) is 1. The summed E-state index contributed by atoms with van der Waals surface area (Å²) in [6.07, 6.45) is 7.95. The number of piperidine rings is 1. The summed E-state index contributed by atoms with van der Waals surface area (Å²) in [4.78, 5) is 16.2. The van der Waals surface area contributed by atoms with Crippen molar-refractivity contribution in [2.75, 3.05) is 30.4 Å². The zero-order valence-corrected chi connectivity index (χ0v) is 16.5. The normalized spacial score (nSPS) is 17.3. The molecule has 3 aromatic rings. The highest BCUT2D eigenvalue weighted by Crippen LogP contribution is 2.33. The average Bonchev–Trinajstić information content (AvgIpc) is 3.58. The van der Waals surface area contributed by atoms with Crippen LogP contribution in [0.15, 0.2) is 42.7 Å². The molecular weight excluding hydrogens is 366 g/mol. The van der Waals surface area contributed by atoms with Gasteiger partial charge in [0.25, 0.3) is 0 Å². The fourth-order valence-corrected chi connectivity index (χ4v) is 3.72. The lowest BCUT2D eigenvalue weighted by Gasteiger charge is -2.34. The van der Waals surface area contributed by atoms with E-state index in [1.165, 1.54) is 12.8 Å². The van der Waals surface area contributed by atoms with Crippen LogP contribution in [-0.4, -0.2) is 47.3 Å². The highest BCUT2D eigenvalue weighted by atomic mass is 16.5. The zero-order valence-electron chi connectivity index (χ0n) is 16.5. The second-order valence-corrected chi connectivity index (χ2v) is 7.63. The quantitative estimate of drug-likeness (QED) is 0.687. The number of hydrogen-bond acceptors (Lipinski definition) is 7. The third-order valence-electron chi connectivity index (χ3n) is 5.47. The Balaban J connectivity index is 1.33. The van der Waals surface area contributed by atoms with Crippen LogP contribution in [0.5, 0.6) is 11.5 Å². The Labute approximate surface area is 170 Å². The van der Waals surface area contributed by atoms with Crippen LogP contribution in [0.1, 0.15) is 25.7 Å². The van der Waals surface area contributed by atoms with E-state index in [9.17, 15) is 0 Å². The smallest absolute Gasteiger partial charge is 0.172 e. The van der Waals surface area contributed by atoms with Crippen molar-refractivity contribution >= 4 is 22.7 Å². The number of ether oxygens (including phenoxy) is 2. The van der Waals surface area contributed by atoms with Crippen molar-refractivity contribution in [1.82, 2.24) is 15.0 Å². The first-order valence-corrected chi connectivity index (χ1v) is 10.2. The van der Waals surface area contributed by atoms with Gasteiger partial charge < -0.3 is 19.7 Å². The zero-order chi connectivity index (χ0) is 19.6. The molecule has 0 amide bonds. The van der Waals surface area contributed by atoms with Gasteiger partial charge in [0.2, 0.25) is 0 Å². The summed E-state index contributed by atoms with van der Waals surface area (Å²) < 4.78 is 11.6. The highest BCUT2D eigenvalue weighted by Gasteiger charge is 2.28. The summed E-state index contributed by atoms with van der Waals surface area (Å²) in [7, 11) is 1.67. The molecule has 1 N–H and O–H groups in total. The Morgan fingerprint density at radius 1 is 0.966 bits per heavy atom. The molecule has 2 aliphatic rings. The molecule has 1 saturated carbocycles. The van der Waals surface area contributed by atoms with Crippen molar-refractivity contribution in [2.24, 2.45) is 0 Å². The van der Waals surface area contributed by atoms with Crippen molar-refractivity contribution in [3.8, 4) is 11.5 Å². The largest absolute Gasteiger partial charge is 0.493 e. The van der Waals surface area contributed by atoms with Gasteiger partial charge in [-0.25, -0.2) is 9.97 Å². The molecule has 0 atom stereocenters. The molecule has 5 rings (SSSR count). The van der Waals surface area contributed by atoms with E-state index in [2.05, 4.69) is 15.2 Å². The first kappa shape index (κ1) is 18.0. The minimum Gasteiger partial charge on any atom is -0.493 e. The molecule has 2 aromatic heterocycles. The van der Waals surface area contributed by atoms with E-state index in [1.807, 2.05) is 30.3 Å². The van der Waals surface area contributed by atoms with Crippen LogP contribution in [0.3, 0.4) is 0 Å². The van der Waals surface area contributed by atoms with Gasteiger partial charge in [0.1, 0.15) is 11.6 Å². The summed E-state index contributed by atoms with van der Waals surface area (Å²) >= 11 is 0. The number of hydrogen-bond donors (Lipinski definition) is 1. The number of rotatable bonds is 6. The molecule has 7 nitrogen and oxygen atoms in total. The Morgan fingerprint density at radius 2 is 1.76 bits per heavy atom. The molecule has 1 aliphatic carbocycles. The van der Waals surface area contributed by atoms with E-state index >= 15 is 0 Å². The van der Waals surface area contributed by atoms with Crippen LogP contribution in [-0.2, 0) is 0 Å². The molecule has 29 heavy (non-hydrogen) atoms. The highest BCUT2D eigenvalue weighted by molar-refractivity contribution is 5.80. The van der Waals surface area contributed by atoms with Gasteiger partial charge >= 0.3 is 0 Å². The van der Waals surface area contributed by atoms with Gasteiger partial charge in [-0.3, -0.25) is 4.98 Å². The van der Waals surface area contributed by atoms with E-state index in [4.69, 9.17) is 19.4 Å². The molecule has 1 aromatic carbocycles. The van der Waals surface area contributed by atoms with Crippen LogP contribution < -0.4 is 19.7 Å². The predicted molar refractivity (Wildman–Crippen MR) is 113 cm³/mol. The first-order chi connectivity index (χ1) is 14.3. The van der Waals surface area contributed by atoms with Gasteiger partial charge in [0.15, 0.2) is 23.1 Å². The van der Waals surface area contributed by atoms with Crippen LogP contribution in [0.2, 0.25) is 0 Å². The van der Waals surface area contributed by atoms with E-state index in [0.29, 0.717) is 6.04 Å². The maximum atomic E-state index is 6.22. The van der Waals surface area contributed by atoms with Crippen LogP contribution >= 0.6 is 0 Å². The second-order valence-electron chi connectivity index (χ2n) is 7.63. The van der Waals surface area contributed by atoms with Crippen molar-refractivity contribution < 1.29 is 9.47 Å². The Kier molecular flexibility index (Phi) is 4.79. The van der Waals surface area contributed by atoms with Gasteiger partial charge in [0.05, 0.1) is 18.8 Å². The molecule has 0 radical (unpaired) electrons. The molecule has 0 bridgehead atoms. The first-order valence-electron chi connectivity index (χ1n) is 10.2. The van der Waals surface area contributed by atoms with Crippen molar-refractivity contribution in [3.05, 3.63) is 42.7 Å². The number of anilines is 2. The molecule has 1 aliphatic heterocycles. The molecule has 0 unspecified atom stereocenters. The molecule has 2 fully saturated rings. The molecule has 0 spiro atoms. The number of benzene rings is 1. The fraction of sp³-hybridized carbons (Fsp3) is 0.409. The standard InChI is InChI=1S/C22H25N5O2/c1-28-19-4-2-3-5-20(19)29-16-9-12-27(13-10-16)22-21(24-15-6-7-15)25-17-8-11-23-14-18(17)26-22/h2-5,8,11,14-16H,6-7,9-10,12-13H2,1H3,(H,24,25). The summed E-state index contributed by atoms with van der Waals surface area (Å²) in [5.74, 6) is 3.39. The number of pyridine rings is 1.